The highest BCUT2D eigenvalue weighted by atomic mass is 16.2. The zero-order valence-electron chi connectivity index (χ0n) is 17.0. The average Bonchev–Trinajstić information content (AvgIpc) is 3.01. The van der Waals surface area contributed by atoms with Gasteiger partial charge in [0.1, 0.15) is 0 Å². The van der Waals surface area contributed by atoms with Crippen LogP contribution in [0.3, 0.4) is 0 Å². The molecule has 2 aliphatic heterocycles. The van der Waals surface area contributed by atoms with Gasteiger partial charge in [-0.3, -0.25) is 14.4 Å². The number of aryl methyl sites for hydroxylation is 1. The summed E-state index contributed by atoms with van der Waals surface area (Å²) < 4.78 is 0. The van der Waals surface area contributed by atoms with Crippen LogP contribution in [0.5, 0.6) is 0 Å². The third-order valence-corrected chi connectivity index (χ3v) is 6.05. The molecule has 0 aliphatic carbocycles. The van der Waals surface area contributed by atoms with E-state index in [9.17, 15) is 14.4 Å². The van der Waals surface area contributed by atoms with Gasteiger partial charge in [0.2, 0.25) is 11.8 Å². The first kappa shape index (κ1) is 20.6. The van der Waals surface area contributed by atoms with Crippen molar-refractivity contribution >= 4 is 17.6 Å². The van der Waals surface area contributed by atoms with E-state index in [0.717, 1.165) is 44.3 Å². The Morgan fingerprint density at radius 3 is 2.04 bits per heavy atom. The summed E-state index contributed by atoms with van der Waals surface area (Å²) in [4.78, 5) is 41.4. The molecule has 0 unspecified atom stereocenters. The highest BCUT2D eigenvalue weighted by molar-refractivity contribution is 5.98. The maximum atomic E-state index is 12.8. The van der Waals surface area contributed by atoms with E-state index in [1.165, 1.54) is 12.8 Å². The fourth-order valence-corrected chi connectivity index (χ4v) is 4.19. The monoisotopic (exact) mass is 384 g/mol. The van der Waals surface area contributed by atoms with Gasteiger partial charge in [0.25, 0.3) is 0 Å². The first-order valence-electron chi connectivity index (χ1n) is 10.7. The summed E-state index contributed by atoms with van der Waals surface area (Å²) in [7, 11) is 0. The minimum Gasteiger partial charge on any atom is -0.343 e. The Bertz CT molecular complexity index is 682. The van der Waals surface area contributed by atoms with Crippen molar-refractivity contribution in [2.24, 2.45) is 5.92 Å². The topological polar surface area (TPSA) is 57.7 Å². The first-order chi connectivity index (χ1) is 13.5. The summed E-state index contributed by atoms with van der Waals surface area (Å²) in [5.74, 6) is 0.376. The number of likely N-dealkylation sites (tertiary alicyclic amines) is 2. The number of hydrogen-bond acceptors (Lipinski definition) is 3. The predicted molar refractivity (Wildman–Crippen MR) is 109 cm³/mol. The lowest BCUT2D eigenvalue weighted by Crippen LogP contribution is -2.44. The molecule has 152 valence electrons. The lowest BCUT2D eigenvalue weighted by Gasteiger charge is -2.34. The third-order valence-electron chi connectivity index (χ3n) is 6.05. The standard InChI is InChI=1S/C23H32N2O3/c1-18-6-8-19(9-7-18)21(26)10-11-22(27)24-16-12-20(13-17-24)23(28)25-14-4-2-3-5-15-25/h6-9,20H,2-5,10-17H2,1H3. The van der Waals surface area contributed by atoms with Crippen LogP contribution in [-0.4, -0.2) is 53.6 Å². The smallest absolute Gasteiger partial charge is 0.225 e. The van der Waals surface area contributed by atoms with Crippen LogP contribution < -0.4 is 0 Å². The number of ketones is 1. The molecule has 0 radical (unpaired) electrons. The van der Waals surface area contributed by atoms with E-state index < -0.39 is 0 Å². The van der Waals surface area contributed by atoms with E-state index >= 15 is 0 Å². The van der Waals surface area contributed by atoms with Crippen molar-refractivity contribution in [3.8, 4) is 0 Å². The van der Waals surface area contributed by atoms with Gasteiger partial charge in [-0.25, -0.2) is 0 Å². The van der Waals surface area contributed by atoms with E-state index in [2.05, 4.69) is 0 Å². The molecule has 28 heavy (non-hydrogen) atoms. The van der Waals surface area contributed by atoms with Gasteiger partial charge in [-0.1, -0.05) is 42.7 Å². The highest BCUT2D eigenvalue weighted by Gasteiger charge is 2.30. The number of hydrogen-bond donors (Lipinski definition) is 0. The molecule has 0 N–H and O–H groups in total. The molecule has 1 aromatic rings. The van der Waals surface area contributed by atoms with Crippen LogP contribution in [0.15, 0.2) is 24.3 Å². The molecule has 2 fully saturated rings. The number of nitrogens with zero attached hydrogens (tertiary/aromatic N) is 2. The molecule has 2 aliphatic rings. The molecular weight excluding hydrogens is 352 g/mol. The molecule has 2 saturated heterocycles. The molecule has 5 nitrogen and oxygen atoms in total. The van der Waals surface area contributed by atoms with Gasteiger partial charge in [-0.2, -0.15) is 0 Å². The Labute approximate surface area is 168 Å². The number of Topliss-reactive ketones (excluding diaryl/α,β-unsaturated/α-hetero) is 1. The van der Waals surface area contributed by atoms with Gasteiger partial charge in [0.05, 0.1) is 0 Å². The van der Waals surface area contributed by atoms with Gasteiger partial charge in [0.15, 0.2) is 5.78 Å². The summed E-state index contributed by atoms with van der Waals surface area (Å²) in [5, 5.41) is 0. The predicted octanol–water partition coefficient (Wildman–Crippen LogP) is 3.60. The van der Waals surface area contributed by atoms with Crippen LogP contribution in [0.4, 0.5) is 0 Å². The van der Waals surface area contributed by atoms with Gasteiger partial charge < -0.3 is 9.80 Å². The van der Waals surface area contributed by atoms with Crippen LogP contribution in [0.25, 0.3) is 0 Å². The summed E-state index contributed by atoms with van der Waals surface area (Å²) in [6.45, 7) is 5.01. The van der Waals surface area contributed by atoms with Crippen molar-refractivity contribution in [3.63, 3.8) is 0 Å². The summed E-state index contributed by atoms with van der Waals surface area (Å²) in [6, 6.07) is 7.48. The van der Waals surface area contributed by atoms with E-state index in [0.29, 0.717) is 18.7 Å². The van der Waals surface area contributed by atoms with Crippen LogP contribution in [0, 0.1) is 12.8 Å². The summed E-state index contributed by atoms with van der Waals surface area (Å²) in [6.07, 6.45) is 6.64. The van der Waals surface area contributed by atoms with Crippen molar-refractivity contribution in [1.82, 2.24) is 9.80 Å². The van der Waals surface area contributed by atoms with Crippen molar-refractivity contribution in [2.45, 2.75) is 58.3 Å². The second-order valence-corrected chi connectivity index (χ2v) is 8.18. The van der Waals surface area contributed by atoms with Crippen molar-refractivity contribution in [2.75, 3.05) is 26.2 Å². The second kappa shape index (κ2) is 9.85. The molecule has 5 heteroatoms. The van der Waals surface area contributed by atoms with Gasteiger partial charge in [-0.05, 0) is 32.6 Å². The zero-order valence-corrected chi connectivity index (χ0v) is 17.0. The fraction of sp³-hybridized carbons (Fsp3) is 0.609. The van der Waals surface area contributed by atoms with Crippen LogP contribution in [-0.2, 0) is 9.59 Å². The summed E-state index contributed by atoms with van der Waals surface area (Å²) >= 11 is 0. The normalized spacial score (nSPS) is 18.6. The number of amides is 2. The molecule has 1 aromatic carbocycles. The molecule has 0 spiro atoms. The lowest BCUT2D eigenvalue weighted by molar-refractivity contribution is -0.140. The van der Waals surface area contributed by atoms with E-state index in [-0.39, 0.29) is 36.4 Å². The lowest BCUT2D eigenvalue weighted by atomic mass is 9.94. The molecule has 3 rings (SSSR count). The molecule has 2 amide bonds. The van der Waals surface area contributed by atoms with E-state index in [1.54, 1.807) is 0 Å². The van der Waals surface area contributed by atoms with Crippen LogP contribution in [0.1, 0.15) is 67.3 Å². The van der Waals surface area contributed by atoms with Gasteiger partial charge >= 0.3 is 0 Å². The largest absolute Gasteiger partial charge is 0.343 e. The first-order valence-corrected chi connectivity index (χ1v) is 10.7. The molecule has 0 bridgehead atoms. The Morgan fingerprint density at radius 2 is 1.43 bits per heavy atom. The zero-order chi connectivity index (χ0) is 19.9. The maximum absolute atomic E-state index is 12.8. The SMILES string of the molecule is Cc1ccc(C(=O)CCC(=O)N2CCC(C(=O)N3CCCCCC3)CC2)cc1. The third kappa shape index (κ3) is 5.43. The highest BCUT2D eigenvalue weighted by Crippen LogP contribution is 2.22. The fourth-order valence-electron chi connectivity index (χ4n) is 4.19. The minimum atomic E-state index is 0.0135. The number of piperidine rings is 1. The molecule has 0 atom stereocenters. The summed E-state index contributed by atoms with van der Waals surface area (Å²) in [5.41, 5.74) is 1.78. The molecule has 0 aromatic heterocycles. The molecule has 2 heterocycles. The Morgan fingerprint density at radius 1 is 0.821 bits per heavy atom. The van der Waals surface area contributed by atoms with Crippen molar-refractivity contribution in [1.29, 1.82) is 0 Å². The second-order valence-electron chi connectivity index (χ2n) is 8.18. The molecular formula is C23H32N2O3. The number of benzene rings is 1. The van der Waals surface area contributed by atoms with Crippen LogP contribution >= 0.6 is 0 Å². The van der Waals surface area contributed by atoms with E-state index in [4.69, 9.17) is 0 Å². The van der Waals surface area contributed by atoms with Crippen LogP contribution in [0.2, 0.25) is 0 Å². The quantitative estimate of drug-likeness (QED) is 0.729. The van der Waals surface area contributed by atoms with E-state index in [1.807, 2.05) is 41.0 Å². The average molecular weight is 385 g/mol. The Hall–Kier alpha value is -2.17. The Kier molecular flexibility index (Phi) is 7.24. The minimum absolute atomic E-state index is 0.0135. The van der Waals surface area contributed by atoms with Gasteiger partial charge in [-0.15, -0.1) is 0 Å². The maximum Gasteiger partial charge on any atom is 0.225 e. The molecule has 0 saturated carbocycles. The number of carbonyl (C=O) groups is 3. The number of rotatable bonds is 5. The van der Waals surface area contributed by atoms with Crippen molar-refractivity contribution < 1.29 is 14.4 Å². The van der Waals surface area contributed by atoms with Gasteiger partial charge in [0, 0.05) is 50.5 Å². The Balaban J connectivity index is 1.42. The van der Waals surface area contributed by atoms with Crippen molar-refractivity contribution in [3.05, 3.63) is 35.4 Å². The number of carbonyl (C=O) groups excluding carboxylic acids is 3.